The van der Waals surface area contributed by atoms with E-state index in [1.165, 1.54) is 17.7 Å². The van der Waals surface area contributed by atoms with Crippen LogP contribution in [0.4, 0.5) is 18.9 Å². The molecule has 0 N–H and O–H groups in total. The zero-order valence-electron chi connectivity index (χ0n) is 18.2. The number of halogens is 3. The van der Waals surface area contributed by atoms with Crippen molar-refractivity contribution in [1.29, 1.82) is 0 Å². The van der Waals surface area contributed by atoms with Crippen LogP contribution in [-0.4, -0.2) is 20.0 Å². The summed E-state index contributed by atoms with van der Waals surface area (Å²) in [6, 6.07) is 20.6. The minimum Gasteiger partial charge on any atom is -0.497 e. The molecular weight excluding hydrogens is 415 g/mol. The molecule has 0 saturated heterocycles. The van der Waals surface area contributed by atoms with Gasteiger partial charge in [0.25, 0.3) is 0 Å². The lowest BCUT2D eigenvalue weighted by Gasteiger charge is -2.40. The van der Waals surface area contributed by atoms with E-state index in [4.69, 9.17) is 4.74 Å². The van der Waals surface area contributed by atoms with Crippen LogP contribution in [0.3, 0.4) is 0 Å². The molecule has 0 spiro atoms. The van der Waals surface area contributed by atoms with Crippen molar-refractivity contribution in [3.63, 3.8) is 0 Å². The maximum atomic E-state index is 12.7. The van der Waals surface area contributed by atoms with Crippen LogP contribution < -0.4 is 14.4 Å². The maximum Gasteiger partial charge on any atom is 0.573 e. The largest absolute Gasteiger partial charge is 0.573 e. The number of benzene rings is 3. The highest BCUT2D eigenvalue weighted by molar-refractivity contribution is 5.76. The van der Waals surface area contributed by atoms with Crippen LogP contribution >= 0.6 is 0 Å². The lowest BCUT2D eigenvalue weighted by Crippen LogP contribution is -2.34. The Bertz CT molecular complexity index is 1080. The minimum atomic E-state index is -4.70. The van der Waals surface area contributed by atoms with Gasteiger partial charge in [-0.1, -0.05) is 43.3 Å². The molecule has 0 radical (unpaired) electrons. The van der Waals surface area contributed by atoms with Gasteiger partial charge in [0.15, 0.2) is 0 Å². The highest BCUT2D eigenvalue weighted by Crippen LogP contribution is 2.43. The summed E-state index contributed by atoms with van der Waals surface area (Å²) in [7, 11) is 1.66. The van der Waals surface area contributed by atoms with Crippen LogP contribution in [0, 0.1) is 0 Å². The Kier molecular flexibility index (Phi) is 6.31. The molecule has 32 heavy (non-hydrogen) atoms. The number of anilines is 1. The summed E-state index contributed by atoms with van der Waals surface area (Å²) in [5.41, 5.74) is 5.48. The summed E-state index contributed by atoms with van der Waals surface area (Å²) >= 11 is 0. The molecule has 0 aromatic heterocycles. The number of fused-ring (bicyclic) bond motifs is 1. The van der Waals surface area contributed by atoms with Gasteiger partial charge in [-0.3, -0.25) is 0 Å². The minimum absolute atomic E-state index is 0.0141. The number of methoxy groups -OCH3 is 1. The quantitative estimate of drug-likeness (QED) is 0.405. The van der Waals surface area contributed by atoms with Gasteiger partial charge in [-0.2, -0.15) is 0 Å². The molecule has 6 heteroatoms. The zero-order valence-corrected chi connectivity index (χ0v) is 18.2. The fraction of sp³-hybridized carbons (Fsp3) is 0.308. The van der Waals surface area contributed by atoms with Crippen LogP contribution in [0.25, 0.3) is 11.1 Å². The predicted octanol–water partition coefficient (Wildman–Crippen LogP) is 7.16. The van der Waals surface area contributed by atoms with Crippen molar-refractivity contribution in [1.82, 2.24) is 0 Å². The summed E-state index contributed by atoms with van der Waals surface area (Å²) in [6.07, 6.45) is -2.13. The molecule has 3 nitrogen and oxygen atoms in total. The molecule has 1 aliphatic rings. The molecule has 1 atom stereocenters. The zero-order chi connectivity index (χ0) is 22.7. The Morgan fingerprint density at radius 1 is 0.969 bits per heavy atom. The Balaban J connectivity index is 1.72. The van der Waals surface area contributed by atoms with Crippen molar-refractivity contribution in [2.24, 2.45) is 0 Å². The van der Waals surface area contributed by atoms with Gasteiger partial charge in [0, 0.05) is 12.2 Å². The number of nitrogens with zero attached hydrogens (tertiary/aromatic N) is 1. The van der Waals surface area contributed by atoms with Crippen LogP contribution in [0.1, 0.15) is 36.9 Å². The van der Waals surface area contributed by atoms with E-state index in [1.807, 2.05) is 30.3 Å². The van der Waals surface area contributed by atoms with E-state index in [9.17, 15) is 13.2 Å². The summed E-state index contributed by atoms with van der Waals surface area (Å²) in [6.45, 7) is 2.92. The van der Waals surface area contributed by atoms with Crippen molar-refractivity contribution in [2.75, 3.05) is 18.6 Å². The third-order valence-corrected chi connectivity index (χ3v) is 5.83. The van der Waals surface area contributed by atoms with Crippen LogP contribution in [-0.2, 0) is 6.42 Å². The summed E-state index contributed by atoms with van der Waals surface area (Å²) in [4.78, 5) is 2.31. The fourth-order valence-electron chi connectivity index (χ4n) is 4.56. The molecule has 3 aromatic rings. The van der Waals surface area contributed by atoms with Crippen LogP contribution in [0.2, 0.25) is 0 Å². The molecule has 4 rings (SSSR count). The van der Waals surface area contributed by atoms with Gasteiger partial charge in [-0.05, 0) is 71.8 Å². The summed E-state index contributed by atoms with van der Waals surface area (Å²) < 4.78 is 47.7. The predicted molar refractivity (Wildman–Crippen MR) is 120 cm³/mol. The average molecular weight is 441 g/mol. The second-order valence-corrected chi connectivity index (χ2v) is 7.90. The van der Waals surface area contributed by atoms with Gasteiger partial charge in [0.05, 0.1) is 13.2 Å². The van der Waals surface area contributed by atoms with Crippen molar-refractivity contribution in [3.8, 4) is 22.6 Å². The molecule has 0 bridgehead atoms. The fourth-order valence-corrected chi connectivity index (χ4v) is 4.56. The lowest BCUT2D eigenvalue weighted by molar-refractivity contribution is -0.274. The SMILES string of the molecule is CCCN1c2cccc(-c3cccc(OC)c3)c2CC[C@H]1c1cccc(OC(F)(F)F)c1. The lowest BCUT2D eigenvalue weighted by atomic mass is 9.86. The van der Waals surface area contributed by atoms with E-state index in [0.717, 1.165) is 53.9 Å². The Labute approximate surface area is 186 Å². The molecule has 0 amide bonds. The first-order chi connectivity index (χ1) is 15.4. The van der Waals surface area contributed by atoms with Crippen molar-refractivity contribution in [3.05, 3.63) is 77.9 Å². The molecule has 0 aliphatic carbocycles. The standard InChI is InChI=1S/C26H26F3NO2/c1-3-15-30-24(19-8-5-10-21(17-19)32-26(27,28)29)14-13-23-22(11-6-12-25(23)30)18-7-4-9-20(16-18)31-2/h4-12,16-17,24H,3,13-15H2,1-2H3/t24-/m0/s1. The number of hydrogen-bond acceptors (Lipinski definition) is 3. The molecule has 0 unspecified atom stereocenters. The first-order valence-electron chi connectivity index (χ1n) is 10.8. The first-order valence-corrected chi connectivity index (χ1v) is 10.8. The molecule has 1 aliphatic heterocycles. The van der Waals surface area contributed by atoms with Gasteiger partial charge in [-0.15, -0.1) is 13.2 Å². The van der Waals surface area contributed by atoms with Crippen molar-refractivity contribution < 1.29 is 22.6 Å². The Morgan fingerprint density at radius 2 is 1.72 bits per heavy atom. The van der Waals surface area contributed by atoms with Crippen molar-refractivity contribution in [2.45, 2.75) is 38.6 Å². The van der Waals surface area contributed by atoms with Gasteiger partial charge in [-0.25, -0.2) is 0 Å². The number of hydrogen-bond donors (Lipinski definition) is 0. The van der Waals surface area contributed by atoms with Gasteiger partial charge >= 0.3 is 6.36 Å². The first kappa shape index (κ1) is 22.1. The summed E-state index contributed by atoms with van der Waals surface area (Å²) in [5.74, 6) is 0.628. The van der Waals surface area contributed by atoms with E-state index in [1.54, 1.807) is 13.2 Å². The molecule has 0 saturated carbocycles. The maximum absolute atomic E-state index is 12.7. The monoisotopic (exact) mass is 441 g/mol. The van der Waals surface area contributed by atoms with Crippen LogP contribution in [0.5, 0.6) is 11.5 Å². The number of rotatable bonds is 6. The van der Waals surface area contributed by atoms with Crippen molar-refractivity contribution >= 4 is 5.69 Å². The Morgan fingerprint density at radius 3 is 2.47 bits per heavy atom. The second kappa shape index (κ2) is 9.15. The highest BCUT2D eigenvalue weighted by atomic mass is 19.4. The molecule has 0 fully saturated rings. The normalized spacial score (nSPS) is 15.9. The van der Waals surface area contributed by atoms with Gasteiger partial charge in [0.2, 0.25) is 0 Å². The average Bonchev–Trinajstić information content (AvgIpc) is 2.78. The van der Waals surface area contributed by atoms with E-state index < -0.39 is 6.36 Å². The summed E-state index contributed by atoms with van der Waals surface area (Å²) in [5, 5.41) is 0. The Hall–Kier alpha value is -3.15. The smallest absolute Gasteiger partial charge is 0.497 e. The highest BCUT2D eigenvalue weighted by Gasteiger charge is 2.32. The number of alkyl halides is 3. The third-order valence-electron chi connectivity index (χ3n) is 5.83. The molecular formula is C26H26F3NO2. The van der Waals surface area contributed by atoms with Crippen LogP contribution in [0.15, 0.2) is 66.7 Å². The topological polar surface area (TPSA) is 21.7 Å². The molecule has 168 valence electrons. The second-order valence-electron chi connectivity index (χ2n) is 7.90. The number of ether oxygens (including phenoxy) is 2. The van der Waals surface area contributed by atoms with E-state index >= 15 is 0 Å². The molecule has 1 heterocycles. The third kappa shape index (κ3) is 4.69. The van der Waals surface area contributed by atoms with Gasteiger partial charge < -0.3 is 14.4 Å². The molecule has 3 aromatic carbocycles. The van der Waals surface area contributed by atoms with E-state index in [0.29, 0.717) is 0 Å². The van der Waals surface area contributed by atoms with E-state index in [2.05, 4.69) is 34.8 Å². The van der Waals surface area contributed by atoms with E-state index in [-0.39, 0.29) is 11.8 Å². The van der Waals surface area contributed by atoms with Gasteiger partial charge in [0.1, 0.15) is 11.5 Å².